The van der Waals surface area contributed by atoms with Crippen molar-refractivity contribution in [2.45, 2.75) is 32.7 Å². The highest BCUT2D eigenvalue weighted by molar-refractivity contribution is 7.21. The summed E-state index contributed by atoms with van der Waals surface area (Å²) in [5, 5.41) is 2.96. The number of hydrogen-bond acceptors (Lipinski definition) is 4. The number of hydrogen-bond donors (Lipinski definition) is 2. The summed E-state index contributed by atoms with van der Waals surface area (Å²) >= 11 is 1.39. The quantitative estimate of drug-likeness (QED) is 0.891. The van der Waals surface area contributed by atoms with Crippen LogP contribution in [0.15, 0.2) is 18.3 Å². The normalized spacial score (nSPS) is 12.6. The minimum absolute atomic E-state index is 0.101. The molecule has 2 aromatic heterocycles. The van der Waals surface area contributed by atoms with E-state index in [-0.39, 0.29) is 11.9 Å². The summed E-state index contributed by atoms with van der Waals surface area (Å²) in [5.41, 5.74) is 7.18. The van der Waals surface area contributed by atoms with Crippen LogP contribution < -0.4 is 11.1 Å². The molecular formula is C13H17N3OS. The van der Waals surface area contributed by atoms with E-state index < -0.39 is 0 Å². The average Bonchev–Trinajstić information content (AvgIpc) is 2.68. The summed E-state index contributed by atoms with van der Waals surface area (Å²) in [6, 6.07) is 3.94. The van der Waals surface area contributed by atoms with Crippen molar-refractivity contribution in [3.05, 3.63) is 23.2 Å². The third-order valence-corrected chi connectivity index (χ3v) is 3.95. The Kier molecular flexibility index (Phi) is 3.81. The number of nitrogens with two attached hydrogens (primary N) is 1. The second-order valence-electron chi connectivity index (χ2n) is 4.36. The van der Waals surface area contributed by atoms with Gasteiger partial charge in [0.05, 0.1) is 10.4 Å². The maximum Gasteiger partial charge on any atom is 0.263 e. The fourth-order valence-electron chi connectivity index (χ4n) is 1.91. The van der Waals surface area contributed by atoms with Crippen LogP contribution in [-0.4, -0.2) is 16.9 Å². The van der Waals surface area contributed by atoms with Crippen LogP contribution in [0.4, 0.5) is 5.69 Å². The number of nitrogens with zero attached hydrogens (tertiary/aromatic N) is 1. The fourth-order valence-corrected chi connectivity index (χ4v) is 2.89. The third kappa shape index (κ3) is 2.46. The van der Waals surface area contributed by atoms with Crippen LogP contribution in [0, 0.1) is 0 Å². The van der Waals surface area contributed by atoms with Gasteiger partial charge in [0, 0.05) is 12.2 Å². The van der Waals surface area contributed by atoms with Crippen LogP contribution in [-0.2, 0) is 0 Å². The Labute approximate surface area is 110 Å². The molecule has 1 atom stereocenters. The number of thiophene rings is 1. The summed E-state index contributed by atoms with van der Waals surface area (Å²) in [5.74, 6) is -0.101. The van der Waals surface area contributed by atoms with Gasteiger partial charge in [-0.1, -0.05) is 13.3 Å². The van der Waals surface area contributed by atoms with Crippen LogP contribution in [0.5, 0.6) is 0 Å². The standard InChI is InChI=1S/C13H17N3OS/c1-3-5-8(2)16-13(17)12-10(14)11-9(18-12)6-4-7-15-11/h4,6-8H,3,5,14H2,1-2H3,(H,16,17). The summed E-state index contributed by atoms with van der Waals surface area (Å²) < 4.78 is 0.947. The van der Waals surface area contributed by atoms with E-state index in [0.717, 1.165) is 23.1 Å². The number of anilines is 1. The molecule has 0 saturated heterocycles. The largest absolute Gasteiger partial charge is 0.396 e. The van der Waals surface area contributed by atoms with Crippen LogP contribution >= 0.6 is 11.3 Å². The molecule has 0 spiro atoms. The molecule has 0 aliphatic heterocycles. The Bertz CT molecular complexity index is 564. The van der Waals surface area contributed by atoms with Crippen molar-refractivity contribution in [3.8, 4) is 0 Å². The molecule has 5 heteroatoms. The fraction of sp³-hybridized carbons (Fsp3) is 0.385. The van der Waals surface area contributed by atoms with Crippen molar-refractivity contribution in [2.24, 2.45) is 0 Å². The number of rotatable bonds is 4. The molecule has 96 valence electrons. The van der Waals surface area contributed by atoms with Crippen molar-refractivity contribution in [1.29, 1.82) is 0 Å². The molecule has 0 bridgehead atoms. The molecule has 4 nitrogen and oxygen atoms in total. The van der Waals surface area contributed by atoms with E-state index in [2.05, 4.69) is 17.2 Å². The number of carbonyl (C=O) groups excluding carboxylic acids is 1. The lowest BCUT2D eigenvalue weighted by Gasteiger charge is -2.11. The van der Waals surface area contributed by atoms with Crippen LogP contribution in [0.25, 0.3) is 10.2 Å². The first-order valence-corrected chi connectivity index (χ1v) is 6.89. The zero-order valence-electron chi connectivity index (χ0n) is 10.6. The van der Waals surface area contributed by atoms with E-state index in [1.165, 1.54) is 11.3 Å². The van der Waals surface area contributed by atoms with Crippen molar-refractivity contribution >= 4 is 33.1 Å². The predicted molar refractivity (Wildman–Crippen MR) is 75.9 cm³/mol. The maximum atomic E-state index is 12.1. The van der Waals surface area contributed by atoms with E-state index in [0.29, 0.717) is 10.6 Å². The average molecular weight is 263 g/mol. The molecule has 1 amide bonds. The number of amides is 1. The second-order valence-corrected chi connectivity index (χ2v) is 5.41. The Hall–Kier alpha value is -1.62. The number of nitrogen functional groups attached to an aromatic ring is 1. The smallest absolute Gasteiger partial charge is 0.263 e. The van der Waals surface area contributed by atoms with E-state index in [9.17, 15) is 4.79 Å². The third-order valence-electron chi connectivity index (χ3n) is 2.79. The van der Waals surface area contributed by atoms with Crippen LogP contribution in [0.3, 0.4) is 0 Å². The van der Waals surface area contributed by atoms with Gasteiger partial charge in [-0.2, -0.15) is 0 Å². The van der Waals surface area contributed by atoms with Crippen LogP contribution in [0.1, 0.15) is 36.4 Å². The molecule has 0 aliphatic carbocycles. The van der Waals surface area contributed by atoms with Crippen LogP contribution in [0.2, 0.25) is 0 Å². The lowest BCUT2D eigenvalue weighted by atomic mass is 10.2. The van der Waals surface area contributed by atoms with Gasteiger partial charge in [-0.3, -0.25) is 9.78 Å². The molecule has 2 heterocycles. The van der Waals surface area contributed by atoms with Crippen molar-refractivity contribution < 1.29 is 4.79 Å². The molecule has 2 rings (SSSR count). The first-order valence-electron chi connectivity index (χ1n) is 6.07. The Morgan fingerprint density at radius 3 is 3.06 bits per heavy atom. The van der Waals surface area contributed by atoms with Gasteiger partial charge < -0.3 is 11.1 Å². The Morgan fingerprint density at radius 1 is 1.61 bits per heavy atom. The summed E-state index contributed by atoms with van der Waals surface area (Å²) in [6.07, 6.45) is 3.70. The van der Waals surface area contributed by atoms with Gasteiger partial charge >= 0.3 is 0 Å². The van der Waals surface area contributed by atoms with Gasteiger partial charge in [0.25, 0.3) is 5.91 Å². The first-order chi connectivity index (χ1) is 8.63. The highest BCUT2D eigenvalue weighted by atomic mass is 32.1. The highest BCUT2D eigenvalue weighted by Crippen LogP contribution is 2.31. The highest BCUT2D eigenvalue weighted by Gasteiger charge is 2.18. The monoisotopic (exact) mass is 263 g/mol. The number of carbonyl (C=O) groups is 1. The maximum absolute atomic E-state index is 12.1. The molecule has 2 aromatic rings. The van der Waals surface area contributed by atoms with Gasteiger partial charge in [0.1, 0.15) is 10.4 Å². The SMILES string of the molecule is CCCC(C)NC(=O)c1sc2cccnc2c1N. The topological polar surface area (TPSA) is 68.0 Å². The molecule has 3 N–H and O–H groups in total. The lowest BCUT2D eigenvalue weighted by molar-refractivity contribution is 0.0943. The van der Waals surface area contributed by atoms with Gasteiger partial charge in [-0.25, -0.2) is 0 Å². The molecule has 0 fully saturated rings. The number of nitrogens with one attached hydrogen (secondary N) is 1. The van der Waals surface area contributed by atoms with Crippen molar-refractivity contribution in [3.63, 3.8) is 0 Å². The van der Waals surface area contributed by atoms with E-state index in [1.807, 2.05) is 19.1 Å². The number of fused-ring (bicyclic) bond motifs is 1. The van der Waals surface area contributed by atoms with Gasteiger partial charge in [0.15, 0.2) is 0 Å². The van der Waals surface area contributed by atoms with Crippen molar-refractivity contribution in [1.82, 2.24) is 10.3 Å². The van der Waals surface area contributed by atoms with Gasteiger partial charge in [-0.05, 0) is 25.5 Å². The Morgan fingerprint density at radius 2 is 2.39 bits per heavy atom. The Balaban J connectivity index is 2.25. The zero-order valence-corrected chi connectivity index (χ0v) is 11.4. The summed E-state index contributed by atoms with van der Waals surface area (Å²) in [7, 11) is 0. The summed E-state index contributed by atoms with van der Waals surface area (Å²) in [6.45, 7) is 4.10. The number of pyridine rings is 1. The minimum Gasteiger partial charge on any atom is -0.396 e. The minimum atomic E-state index is -0.101. The second kappa shape index (κ2) is 5.35. The molecule has 1 unspecified atom stereocenters. The first kappa shape index (κ1) is 12.8. The number of aromatic nitrogens is 1. The van der Waals surface area contributed by atoms with Crippen molar-refractivity contribution in [2.75, 3.05) is 5.73 Å². The van der Waals surface area contributed by atoms with E-state index >= 15 is 0 Å². The summed E-state index contributed by atoms with van der Waals surface area (Å²) in [4.78, 5) is 16.9. The molecule has 0 aliphatic rings. The molecule has 0 radical (unpaired) electrons. The zero-order chi connectivity index (χ0) is 13.1. The molecule has 18 heavy (non-hydrogen) atoms. The molecule has 0 aromatic carbocycles. The predicted octanol–water partition coefficient (Wildman–Crippen LogP) is 2.80. The van der Waals surface area contributed by atoms with Gasteiger partial charge in [-0.15, -0.1) is 11.3 Å². The van der Waals surface area contributed by atoms with E-state index in [4.69, 9.17) is 5.73 Å². The van der Waals surface area contributed by atoms with Gasteiger partial charge in [0.2, 0.25) is 0 Å². The van der Waals surface area contributed by atoms with E-state index in [1.54, 1.807) is 6.20 Å². The molecule has 0 saturated carbocycles. The molecular weight excluding hydrogens is 246 g/mol. The lowest BCUT2D eigenvalue weighted by Crippen LogP contribution is -2.32.